The van der Waals surface area contributed by atoms with Crippen LogP contribution in [-0.2, 0) is 4.79 Å². The molecule has 156 valence electrons. The highest BCUT2D eigenvalue weighted by atomic mass is 32.1. The molecule has 0 unspecified atom stereocenters. The van der Waals surface area contributed by atoms with Crippen molar-refractivity contribution in [2.45, 2.75) is 59.4 Å². The maximum atomic E-state index is 13.0. The van der Waals surface area contributed by atoms with Crippen LogP contribution in [0.1, 0.15) is 60.5 Å². The van der Waals surface area contributed by atoms with E-state index in [1.807, 2.05) is 18.7 Å². The first kappa shape index (κ1) is 21.5. The van der Waals surface area contributed by atoms with E-state index in [-0.39, 0.29) is 17.9 Å². The molecule has 1 aromatic carbocycles. The molecule has 6 heteroatoms. The highest BCUT2D eigenvalue weighted by molar-refractivity contribution is 7.17. The second kappa shape index (κ2) is 9.53. The van der Waals surface area contributed by atoms with Crippen molar-refractivity contribution >= 4 is 23.2 Å². The lowest BCUT2D eigenvalue weighted by Crippen LogP contribution is -2.40. The van der Waals surface area contributed by atoms with Crippen LogP contribution in [0, 0.1) is 19.8 Å². The fraction of sp³-hybridized carbons (Fsp3) is 0.522. The van der Waals surface area contributed by atoms with Gasteiger partial charge in [-0.1, -0.05) is 36.8 Å². The zero-order chi connectivity index (χ0) is 21.0. The molecular weight excluding hydrogens is 382 g/mol. The van der Waals surface area contributed by atoms with E-state index in [9.17, 15) is 9.59 Å². The van der Waals surface area contributed by atoms with Gasteiger partial charge >= 0.3 is 0 Å². The van der Waals surface area contributed by atoms with E-state index in [2.05, 4.69) is 48.4 Å². The fourth-order valence-corrected chi connectivity index (χ4v) is 4.64. The Kier molecular flexibility index (Phi) is 7.06. The van der Waals surface area contributed by atoms with Gasteiger partial charge in [-0.2, -0.15) is 0 Å². The lowest BCUT2D eigenvalue weighted by atomic mass is 9.93. The minimum absolute atomic E-state index is 0.0702. The summed E-state index contributed by atoms with van der Waals surface area (Å²) in [5.41, 5.74) is 3.05. The van der Waals surface area contributed by atoms with Crippen molar-refractivity contribution in [3.8, 4) is 10.6 Å². The maximum absolute atomic E-state index is 13.0. The highest BCUT2D eigenvalue weighted by Gasteiger charge is 2.27. The van der Waals surface area contributed by atoms with E-state index in [1.54, 1.807) is 0 Å². The van der Waals surface area contributed by atoms with Crippen molar-refractivity contribution in [2.75, 3.05) is 13.1 Å². The molecular formula is C23H31N3O2S. The summed E-state index contributed by atoms with van der Waals surface area (Å²) in [5.74, 6) is 0.555. The van der Waals surface area contributed by atoms with E-state index in [0.717, 1.165) is 40.4 Å². The van der Waals surface area contributed by atoms with Crippen molar-refractivity contribution in [1.29, 1.82) is 0 Å². The summed E-state index contributed by atoms with van der Waals surface area (Å²) < 4.78 is 0. The molecule has 1 N–H and O–H groups in total. The predicted molar refractivity (Wildman–Crippen MR) is 118 cm³/mol. The summed E-state index contributed by atoms with van der Waals surface area (Å²) in [4.78, 5) is 32.5. The van der Waals surface area contributed by atoms with Crippen LogP contribution in [0.4, 0.5) is 0 Å². The molecule has 5 nitrogen and oxygen atoms in total. The summed E-state index contributed by atoms with van der Waals surface area (Å²) in [6.07, 6.45) is 3.26. The zero-order valence-electron chi connectivity index (χ0n) is 17.8. The Balaban J connectivity index is 1.58. The Morgan fingerprint density at radius 2 is 1.86 bits per heavy atom. The summed E-state index contributed by atoms with van der Waals surface area (Å²) in [5, 5.41) is 3.93. The molecule has 0 aliphatic carbocycles. The van der Waals surface area contributed by atoms with Crippen LogP contribution in [0.2, 0.25) is 0 Å². The lowest BCUT2D eigenvalue weighted by molar-refractivity contribution is -0.122. The number of amides is 2. The van der Waals surface area contributed by atoms with Crippen LogP contribution in [0.15, 0.2) is 24.3 Å². The number of benzene rings is 1. The molecule has 0 saturated carbocycles. The Morgan fingerprint density at radius 1 is 1.21 bits per heavy atom. The number of carbonyl (C=O) groups excluding carboxylic acids is 2. The van der Waals surface area contributed by atoms with Gasteiger partial charge in [-0.25, -0.2) is 4.98 Å². The third-order valence-corrected chi connectivity index (χ3v) is 6.88. The van der Waals surface area contributed by atoms with Crippen molar-refractivity contribution in [2.24, 2.45) is 5.92 Å². The topological polar surface area (TPSA) is 62.3 Å². The molecule has 1 atom stereocenters. The molecule has 0 spiro atoms. The molecule has 2 aromatic rings. The molecule has 0 bridgehead atoms. The number of likely N-dealkylation sites (tertiary alicyclic amines) is 1. The summed E-state index contributed by atoms with van der Waals surface area (Å²) in [6.45, 7) is 9.48. The van der Waals surface area contributed by atoms with Crippen molar-refractivity contribution in [3.63, 3.8) is 0 Å². The van der Waals surface area contributed by atoms with E-state index in [0.29, 0.717) is 25.4 Å². The number of aromatic nitrogens is 1. The zero-order valence-corrected chi connectivity index (χ0v) is 18.6. The third kappa shape index (κ3) is 5.44. The molecule has 1 saturated heterocycles. The first-order valence-electron chi connectivity index (χ1n) is 10.5. The van der Waals surface area contributed by atoms with Crippen LogP contribution in [0.5, 0.6) is 0 Å². The van der Waals surface area contributed by atoms with Crippen LogP contribution in [0.25, 0.3) is 10.6 Å². The van der Waals surface area contributed by atoms with Gasteiger partial charge in [0, 0.05) is 31.1 Å². The Hall–Kier alpha value is -2.21. The van der Waals surface area contributed by atoms with Gasteiger partial charge < -0.3 is 10.2 Å². The molecule has 29 heavy (non-hydrogen) atoms. The highest BCUT2D eigenvalue weighted by Crippen LogP contribution is 2.30. The Labute approximate surface area is 177 Å². The number of nitrogens with zero attached hydrogens (tertiary/aromatic N) is 2. The molecule has 2 amide bonds. The van der Waals surface area contributed by atoms with Gasteiger partial charge in [-0.15, -0.1) is 11.3 Å². The number of thiazole rings is 1. The lowest BCUT2D eigenvalue weighted by Gasteiger charge is -2.31. The minimum atomic E-state index is 0.0702. The summed E-state index contributed by atoms with van der Waals surface area (Å²) in [7, 11) is 0. The standard InChI is InChI=1S/C23H31N3O2S/c1-5-16(3)24-20(27)14-18-10-12-26(13-11-18)23(28)21-17(4)25-22(29-21)19-8-6-15(2)7-9-19/h6-9,16,18H,5,10-14H2,1-4H3,(H,24,27)/t16-/m1/s1. The SMILES string of the molecule is CC[C@@H](C)NC(=O)CC1CCN(C(=O)c2sc(-c3ccc(C)cc3)nc2C)CC1. The number of aryl methyl sites for hydroxylation is 2. The van der Waals surface area contributed by atoms with Crippen LogP contribution >= 0.6 is 11.3 Å². The van der Waals surface area contributed by atoms with Crippen LogP contribution < -0.4 is 5.32 Å². The molecule has 2 heterocycles. The Bertz CT molecular complexity index is 852. The molecule has 0 radical (unpaired) electrons. The first-order chi connectivity index (χ1) is 13.9. The van der Waals surface area contributed by atoms with Crippen molar-refractivity contribution in [1.82, 2.24) is 15.2 Å². The maximum Gasteiger partial charge on any atom is 0.265 e. The minimum Gasteiger partial charge on any atom is -0.354 e. The molecule has 3 rings (SSSR count). The van der Waals surface area contributed by atoms with E-state index in [4.69, 9.17) is 0 Å². The quantitative estimate of drug-likeness (QED) is 0.754. The van der Waals surface area contributed by atoms with Gasteiger partial charge in [0.05, 0.1) is 5.69 Å². The Morgan fingerprint density at radius 3 is 2.48 bits per heavy atom. The van der Waals surface area contributed by atoms with Crippen molar-refractivity contribution < 1.29 is 9.59 Å². The number of hydrogen-bond donors (Lipinski definition) is 1. The van der Waals surface area contributed by atoms with Gasteiger partial charge in [-0.05, 0) is 46.0 Å². The van der Waals surface area contributed by atoms with Gasteiger partial charge in [-0.3, -0.25) is 9.59 Å². The van der Waals surface area contributed by atoms with E-state index in [1.165, 1.54) is 16.9 Å². The second-order valence-electron chi connectivity index (χ2n) is 8.12. The summed E-state index contributed by atoms with van der Waals surface area (Å²) >= 11 is 1.47. The third-order valence-electron chi connectivity index (χ3n) is 5.68. The number of rotatable bonds is 6. The molecule has 1 aliphatic heterocycles. The number of piperidine rings is 1. The smallest absolute Gasteiger partial charge is 0.265 e. The molecule has 1 fully saturated rings. The van der Waals surface area contributed by atoms with Gasteiger partial charge in [0.25, 0.3) is 5.91 Å². The average Bonchev–Trinajstić information content (AvgIpc) is 3.10. The first-order valence-corrected chi connectivity index (χ1v) is 11.3. The van der Waals surface area contributed by atoms with Gasteiger partial charge in [0.2, 0.25) is 5.91 Å². The fourth-order valence-electron chi connectivity index (χ4n) is 3.60. The predicted octanol–water partition coefficient (Wildman–Crippen LogP) is 4.58. The normalized spacial score (nSPS) is 15.9. The van der Waals surface area contributed by atoms with Gasteiger partial charge in [0.1, 0.15) is 9.88 Å². The number of carbonyl (C=O) groups is 2. The summed E-state index contributed by atoms with van der Waals surface area (Å²) in [6, 6.07) is 8.46. The van der Waals surface area contributed by atoms with E-state index < -0.39 is 0 Å². The number of nitrogens with one attached hydrogen (secondary N) is 1. The van der Waals surface area contributed by atoms with Crippen LogP contribution in [0.3, 0.4) is 0 Å². The molecule has 1 aromatic heterocycles. The van der Waals surface area contributed by atoms with E-state index >= 15 is 0 Å². The van der Waals surface area contributed by atoms with Crippen LogP contribution in [-0.4, -0.2) is 40.8 Å². The number of hydrogen-bond acceptors (Lipinski definition) is 4. The van der Waals surface area contributed by atoms with Crippen molar-refractivity contribution in [3.05, 3.63) is 40.4 Å². The largest absolute Gasteiger partial charge is 0.354 e. The van der Waals surface area contributed by atoms with Gasteiger partial charge in [0.15, 0.2) is 0 Å². The average molecular weight is 414 g/mol. The second-order valence-corrected chi connectivity index (χ2v) is 9.12. The monoisotopic (exact) mass is 413 g/mol. The molecule has 1 aliphatic rings.